The summed E-state index contributed by atoms with van der Waals surface area (Å²) in [5, 5.41) is 1.81. The van der Waals surface area contributed by atoms with E-state index in [0.29, 0.717) is 68.8 Å². The van der Waals surface area contributed by atoms with Crippen molar-refractivity contribution < 1.29 is 19.1 Å². The third-order valence-corrected chi connectivity index (χ3v) is 10.7. The number of hydrogen-bond donors (Lipinski definition) is 0. The van der Waals surface area contributed by atoms with Crippen molar-refractivity contribution in [2.75, 3.05) is 27.4 Å². The molecule has 0 N–H and O–H groups in total. The molecule has 4 aromatic rings. The zero-order valence-electron chi connectivity index (χ0n) is 24.5. The van der Waals surface area contributed by atoms with Crippen LogP contribution in [0.4, 0.5) is 0 Å². The van der Waals surface area contributed by atoms with Gasteiger partial charge in [0.05, 0.1) is 53.7 Å². The second-order valence-corrected chi connectivity index (χ2v) is 13.7. The summed E-state index contributed by atoms with van der Waals surface area (Å²) in [6, 6.07) is 7.27. The molecular formula is C30H34Cl4N4O4S2. The molecule has 4 rings (SSSR count). The SMILES string of the molecule is COCCn1c(=NC(=O)CCCCCCCCC(=O)N=c2sc3ccc(Cl)c(Cl)c3n2CCOC)sc2ccc(Cl)c(Cl)c21. The fourth-order valence-electron chi connectivity index (χ4n) is 4.74. The number of methoxy groups -OCH3 is 2. The number of carbonyl (C=O) groups is 2. The first-order valence-electron chi connectivity index (χ1n) is 14.3. The summed E-state index contributed by atoms with van der Waals surface area (Å²) >= 11 is 28.2. The molecule has 0 radical (unpaired) electrons. The molecule has 0 spiro atoms. The largest absolute Gasteiger partial charge is 0.383 e. The number of hydrogen-bond acceptors (Lipinski definition) is 6. The lowest BCUT2D eigenvalue weighted by Crippen LogP contribution is -2.19. The Hall–Kier alpha value is -1.76. The van der Waals surface area contributed by atoms with Crippen molar-refractivity contribution in [1.29, 1.82) is 0 Å². The minimum absolute atomic E-state index is 0.162. The molecule has 2 aromatic carbocycles. The number of aromatic nitrogens is 2. The van der Waals surface area contributed by atoms with Crippen molar-refractivity contribution >= 4 is 101 Å². The molecule has 0 aliphatic rings. The topological polar surface area (TPSA) is 87.2 Å². The summed E-state index contributed by atoms with van der Waals surface area (Å²) in [7, 11) is 3.25. The number of amides is 2. The maximum Gasteiger partial charge on any atom is 0.248 e. The number of halogens is 4. The quantitative estimate of drug-likeness (QED) is 0.116. The van der Waals surface area contributed by atoms with E-state index in [-0.39, 0.29) is 11.8 Å². The Morgan fingerprint density at radius 2 is 1.05 bits per heavy atom. The molecule has 0 bridgehead atoms. The highest BCUT2D eigenvalue weighted by atomic mass is 35.5. The van der Waals surface area contributed by atoms with Crippen molar-refractivity contribution in [2.24, 2.45) is 9.98 Å². The van der Waals surface area contributed by atoms with Gasteiger partial charge < -0.3 is 18.6 Å². The van der Waals surface area contributed by atoms with Gasteiger partial charge in [-0.2, -0.15) is 9.98 Å². The normalized spacial score (nSPS) is 12.7. The molecule has 2 amide bonds. The number of carbonyl (C=O) groups excluding carboxylic acids is 2. The number of unbranched alkanes of at least 4 members (excludes halogenated alkanes) is 5. The molecular weight excluding hydrogens is 686 g/mol. The minimum Gasteiger partial charge on any atom is -0.383 e. The highest BCUT2D eigenvalue weighted by Crippen LogP contribution is 2.33. The van der Waals surface area contributed by atoms with E-state index in [9.17, 15) is 9.59 Å². The highest BCUT2D eigenvalue weighted by Gasteiger charge is 2.15. The van der Waals surface area contributed by atoms with Crippen LogP contribution in [0.15, 0.2) is 34.3 Å². The molecule has 0 saturated heterocycles. The lowest BCUT2D eigenvalue weighted by molar-refractivity contribution is -0.119. The van der Waals surface area contributed by atoms with E-state index in [1.807, 2.05) is 21.3 Å². The predicted molar refractivity (Wildman–Crippen MR) is 181 cm³/mol. The summed E-state index contributed by atoms with van der Waals surface area (Å²) in [6.45, 7) is 1.94. The van der Waals surface area contributed by atoms with E-state index in [2.05, 4.69) is 9.98 Å². The maximum absolute atomic E-state index is 12.7. The first-order valence-corrected chi connectivity index (χ1v) is 17.5. The maximum atomic E-state index is 12.7. The van der Waals surface area contributed by atoms with Crippen LogP contribution in [-0.2, 0) is 32.2 Å². The molecule has 0 unspecified atom stereocenters. The van der Waals surface area contributed by atoms with Crippen LogP contribution < -0.4 is 9.60 Å². The Balaban J connectivity index is 1.24. The number of ether oxygens (including phenoxy) is 2. The lowest BCUT2D eigenvalue weighted by atomic mass is 10.1. The number of benzene rings is 2. The average Bonchev–Trinajstić information content (AvgIpc) is 3.53. The lowest BCUT2D eigenvalue weighted by Gasteiger charge is -2.06. The van der Waals surface area contributed by atoms with Crippen LogP contribution in [0.25, 0.3) is 20.4 Å². The standard InChI is InChI=1S/C30H34Cl4N4O4S2/c1-41-17-15-37-27-21(13-11-19(31)25(27)33)43-29(37)35-23(39)9-7-5-3-4-6-8-10-24(40)36-30-38(16-18-42-2)28-22(44-30)14-12-20(32)26(28)34/h11-14H,3-10,15-18H2,1-2H3. The van der Waals surface area contributed by atoms with Gasteiger partial charge in [-0.05, 0) is 37.1 Å². The van der Waals surface area contributed by atoms with Crippen molar-refractivity contribution in [3.05, 3.63) is 54.0 Å². The Bertz CT molecular complexity index is 1630. The van der Waals surface area contributed by atoms with Gasteiger partial charge in [-0.1, -0.05) is 94.8 Å². The molecule has 14 heteroatoms. The summed E-state index contributed by atoms with van der Waals surface area (Å²) < 4.78 is 16.1. The van der Waals surface area contributed by atoms with E-state index in [0.717, 1.165) is 59.0 Å². The Kier molecular flexibility index (Phi) is 13.8. The highest BCUT2D eigenvalue weighted by molar-refractivity contribution is 7.16. The van der Waals surface area contributed by atoms with E-state index in [4.69, 9.17) is 55.9 Å². The van der Waals surface area contributed by atoms with Crippen molar-refractivity contribution in [3.63, 3.8) is 0 Å². The predicted octanol–water partition coefficient (Wildman–Crippen LogP) is 8.30. The Morgan fingerprint density at radius 3 is 1.43 bits per heavy atom. The summed E-state index contributed by atoms with van der Waals surface area (Å²) in [5.74, 6) is -0.325. The van der Waals surface area contributed by atoms with Crippen LogP contribution in [0.2, 0.25) is 20.1 Å². The minimum atomic E-state index is -0.162. The van der Waals surface area contributed by atoms with Gasteiger partial charge in [-0.25, -0.2) is 0 Å². The number of rotatable bonds is 15. The van der Waals surface area contributed by atoms with E-state index >= 15 is 0 Å². The third-order valence-electron chi connectivity index (χ3n) is 6.98. The van der Waals surface area contributed by atoms with E-state index < -0.39 is 0 Å². The Labute approximate surface area is 283 Å². The molecule has 2 heterocycles. The van der Waals surface area contributed by atoms with E-state index in [1.165, 1.54) is 22.7 Å². The average molecular weight is 721 g/mol. The second kappa shape index (κ2) is 17.2. The molecule has 0 aliphatic carbocycles. The van der Waals surface area contributed by atoms with Crippen molar-refractivity contribution in [3.8, 4) is 0 Å². The van der Waals surface area contributed by atoms with Gasteiger partial charge >= 0.3 is 0 Å². The molecule has 0 saturated carbocycles. The van der Waals surface area contributed by atoms with Gasteiger partial charge in [0.1, 0.15) is 0 Å². The molecule has 0 atom stereocenters. The van der Waals surface area contributed by atoms with Gasteiger partial charge in [0.2, 0.25) is 11.8 Å². The third kappa shape index (κ3) is 8.94. The zero-order chi connectivity index (χ0) is 31.6. The first kappa shape index (κ1) is 35.1. The van der Waals surface area contributed by atoms with Gasteiger partial charge in [-0.15, -0.1) is 0 Å². The summed E-state index contributed by atoms with van der Waals surface area (Å²) in [5.41, 5.74) is 1.53. The second-order valence-electron chi connectivity index (χ2n) is 10.1. The molecule has 0 fully saturated rings. The van der Waals surface area contributed by atoms with Gasteiger partial charge in [0.15, 0.2) is 9.60 Å². The first-order chi connectivity index (χ1) is 21.2. The monoisotopic (exact) mass is 718 g/mol. The molecule has 8 nitrogen and oxygen atoms in total. The smallest absolute Gasteiger partial charge is 0.248 e. The van der Waals surface area contributed by atoms with Gasteiger partial charge in [0, 0.05) is 40.2 Å². The fraction of sp³-hybridized carbons (Fsp3) is 0.467. The molecule has 44 heavy (non-hydrogen) atoms. The van der Waals surface area contributed by atoms with Crippen LogP contribution >= 0.6 is 69.1 Å². The molecule has 2 aromatic heterocycles. The Morgan fingerprint density at radius 1 is 0.659 bits per heavy atom. The van der Waals surface area contributed by atoms with Crippen molar-refractivity contribution in [1.82, 2.24) is 9.13 Å². The van der Waals surface area contributed by atoms with Crippen LogP contribution in [0.3, 0.4) is 0 Å². The molecule has 0 aliphatic heterocycles. The summed E-state index contributed by atoms with van der Waals surface area (Å²) in [4.78, 5) is 35.3. The number of fused-ring (bicyclic) bond motifs is 2. The summed E-state index contributed by atoms with van der Waals surface area (Å²) in [6.07, 6.45) is 6.06. The van der Waals surface area contributed by atoms with Gasteiger partial charge in [0.25, 0.3) is 0 Å². The van der Waals surface area contributed by atoms with Gasteiger partial charge in [-0.3, -0.25) is 9.59 Å². The van der Waals surface area contributed by atoms with Crippen LogP contribution in [0.5, 0.6) is 0 Å². The van der Waals surface area contributed by atoms with Crippen LogP contribution in [0.1, 0.15) is 51.4 Å². The molecule has 238 valence electrons. The number of thiazole rings is 2. The van der Waals surface area contributed by atoms with Crippen molar-refractivity contribution in [2.45, 2.75) is 64.5 Å². The number of nitrogens with zero attached hydrogens (tertiary/aromatic N) is 4. The van der Waals surface area contributed by atoms with E-state index in [1.54, 1.807) is 26.4 Å². The fourth-order valence-corrected chi connectivity index (χ4v) is 7.86. The van der Waals surface area contributed by atoms with Crippen LogP contribution in [0, 0.1) is 0 Å². The van der Waals surface area contributed by atoms with Crippen LogP contribution in [-0.4, -0.2) is 48.4 Å². The zero-order valence-corrected chi connectivity index (χ0v) is 29.2.